The second kappa shape index (κ2) is 5.15. The van der Waals surface area contributed by atoms with Gasteiger partial charge in [0.1, 0.15) is 5.75 Å². The van der Waals surface area contributed by atoms with Crippen LogP contribution in [0.4, 0.5) is 0 Å². The Kier molecular flexibility index (Phi) is 3.70. The topological polar surface area (TPSA) is 77.8 Å². The minimum Gasteiger partial charge on any atom is -0.507 e. The number of rotatable bonds is 3. The molecule has 0 saturated carbocycles. The van der Waals surface area contributed by atoms with Crippen LogP contribution in [0.5, 0.6) is 5.75 Å². The summed E-state index contributed by atoms with van der Waals surface area (Å²) in [4.78, 5) is 25.4. The molecule has 1 atom stereocenters. The molecule has 0 aromatic heterocycles. The largest absolute Gasteiger partial charge is 0.507 e. The van der Waals surface area contributed by atoms with Gasteiger partial charge in [0.2, 0.25) is 0 Å². The summed E-state index contributed by atoms with van der Waals surface area (Å²) in [6, 6.07) is 6.33. The van der Waals surface area contributed by atoms with Crippen molar-refractivity contribution in [1.82, 2.24) is 4.90 Å². The molecular formula is C15H19NO4. The number of para-hydroxylation sites is 1. The molecule has 5 nitrogen and oxygen atoms in total. The van der Waals surface area contributed by atoms with E-state index in [2.05, 4.69) is 0 Å². The molecule has 1 amide bonds. The van der Waals surface area contributed by atoms with E-state index in [9.17, 15) is 19.8 Å². The molecule has 0 aliphatic carbocycles. The molecule has 0 radical (unpaired) electrons. The summed E-state index contributed by atoms with van der Waals surface area (Å²) in [7, 11) is 0. The highest BCUT2D eigenvalue weighted by molar-refractivity contribution is 5.97. The van der Waals surface area contributed by atoms with Crippen molar-refractivity contribution in [3.05, 3.63) is 29.8 Å². The van der Waals surface area contributed by atoms with Crippen LogP contribution in [0.25, 0.3) is 0 Å². The van der Waals surface area contributed by atoms with Gasteiger partial charge in [-0.2, -0.15) is 0 Å². The number of benzene rings is 1. The van der Waals surface area contributed by atoms with Crippen molar-refractivity contribution in [2.24, 2.45) is 11.3 Å². The van der Waals surface area contributed by atoms with Crippen molar-refractivity contribution in [3.8, 4) is 5.75 Å². The first-order valence-corrected chi connectivity index (χ1v) is 6.69. The number of carboxylic acids is 1. The molecule has 1 aliphatic rings. The normalized spacial score (nSPS) is 22.2. The van der Waals surface area contributed by atoms with Crippen LogP contribution in [0, 0.1) is 11.3 Å². The van der Waals surface area contributed by atoms with Crippen LogP contribution >= 0.6 is 0 Å². The van der Waals surface area contributed by atoms with Gasteiger partial charge in [0.15, 0.2) is 0 Å². The highest BCUT2D eigenvalue weighted by Crippen LogP contribution is 2.39. The first-order valence-electron chi connectivity index (χ1n) is 6.69. The number of hydrogen-bond donors (Lipinski definition) is 2. The van der Waals surface area contributed by atoms with Crippen LogP contribution < -0.4 is 0 Å². The van der Waals surface area contributed by atoms with E-state index in [1.807, 2.05) is 13.8 Å². The Bertz CT molecular complexity index is 540. The van der Waals surface area contributed by atoms with E-state index >= 15 is 0 Å². The Morgan fingerprint density at radius 1 is 1.30 bits per heavy atom. The maximum atomic E-state index is 12.4. The van der Waals surface area contributed by atoms with Gasteiger partial charge in [0, 0.05) is 13.1 Å². The predicted molar refractivity (Wildman–Crippen MR) is 73.5 cm³/mol. The fourth-order valence-corrected chi connectivity index (χ4v) is 2.72. The molecule has 108 valence electrons. The highest BCUT2D eigenvalue weighted by Gasteiger charge is 2.48. The van der Waals surface area contributed by atoms with Gasteiger partial charge in [0.05, 0.1) is 11.0 Å². The van der Waals surface area contributed by atoms with Gasteiger partial charge in [0.25, 0.3) is 5.91 Å². The van der Waals surface area contributed by atoms with E-state index in [1.165, 1.54) is 11.0 Å². The number of hydrogen-bond acceptors (Lipinski definition) is 3. The van der Waals surface area contributed by atoms with Gasteiger partial charge in [-0.15, -0.1) is 0 Å². The molecule has 1 aliphatic heterocycles. The van der Waals surface area contributed by atoms with E-state index < -0.39 is 11.4 Å². The summed E-state index contributed by atoms with van der Waals surface area (Å²) in [5.74, 6) is -1.30. The zero-order chi connectivity index (χ0) is 14.9. The fraction of sp³-hybridized carbons (Fsp3) is 0.467. The molecule has 20 heavy (non-hydrogen) atoms. The maximum absolute atomic E-state index is 12.4. The van der Waals surface area contributed by atoms with Gasteiger partial charge < -0.3 is 15.1 Å². The van der Waals surface area contributed by atoms with Crippen molar-refractivity contribution in [2.45, 2.75) is 20.3 Å². The Morgan fingerprint density at radius 2 is 1.95 bits per heavy atom. The predicted octanol–water partition coefficient (Wildman–Crippen LogP) is 1.97. The molecule has 1 aromatic rings. The number of phenols is 1. The van der Waals surface area contributed by atoms with Gasteiger partial charge in [-0.1, -0.05) is 26.0 Å². The molecule has 0 spiro atoms. The standard InChI is InChI=1S/C15H19NO4/c1-10(2)15(14(19)20)7-8-16(9-15)13(18)11-5-3-4-6-12(11)17/h3-6,10,17H,7-9H2,1-2H3,(H,19,20). The first kappa shape index (κ1) is 14.4. The minimum absolute atomic E-state index is 0.0535. The summed E-state index contributed by atoms with van der Waals surface area (Å²) >= 11 is 0. The third kappa shape index (κ3) is 2.24. The Balaban J connectivity index is 2.23. The molecule has 2 N–H and O–H groups in total. The minimum atomic E-state index is -0.889. The maximum Gasteiger partial charge on any atom is 0.311 e. The summed E-state index contributed by atoms with van der Waals surface area (Å²) in [5, 5.41) is 19.2. The third-order valence-electron chi connectivity index (χ3n) is 4.25. The van der Waals surface area contributed by atoms with Gasteiger partial charge >= 0.3 is 5.97 Å². The van der Waals surface area contributed by atoms with Crippen LogP contribution in [0.2, 0.25) is 0 Å². The number of amides is 1. The van der Waals surface area contributed by atoms with Crippen molar-refractivity contribution in [3.63, 3.8) is 0 Å². The number of likely N-dealkylation sites (tertiary alicyclic amines) is 1. The molecule has 1 unspecified atom stereocenters. The second-order valence-electron chi connectivity index (χ2n) is 5.61. The SMILES string of the molecule is CC(C)C1(C(=O)O)CCN(C(=O)c2ccccc2O)C1. The average Bonchev–Trinajstić information content (AvgIpc) is 2.85. The van der Waals surface area contributed by atoms with Crippen molar-refractivity contribution in [1.29, 1.82) is 0 Å². The Morgan fingerprint density at radius 3 is 2.45 bits per heavy atom. The zero-order valence-electron chi connectivity index (χ0n) is 11.7. The monoisotopic (exact) mass is 277 g/mol. The number of phenolic OH excluding ortho intramolecular Hbond substituents is 1. The quantitative estimate of drug-likeness (QED) is 0.885. The lowest BCUT2D eigenvalue weighted by Gasteiger charge is -2.28. The number of carbonyl (C=O) groups is 2. The van der Waals surface area contributed by atoms with Crippen molar-refractivity contribution < 1.29 is 19.8 Å². The first-order chi connectivity index (χ1) is 9.38. The zero-order valence-corrected chi connectivity index (χ0v) is 11.7. The number of aromatic hydroxyl groups is 1. The number of aliphatic carboxylic acids is 1. The lowest BCUT2D eigenvalue weighted by Crippen LogP contribution is -2.40. The second-order valence-corrected chi connectivity index (χ2v) is 5.61. The van der Waals surface area contributed by atoms with Crippen molar-refractivity contribution >= 4 is 11.9 Å². The molecule has 2 rings (SSSR count). The lowest BCUT2D eigenvalue weighted by atomic mass is 9.76. The smallest absolute Gasteiger partial charge is 0.311 e. The van der Waals surface area contributed by atoms with E-state index in [1.54, 1.807) is 18.2 Å². The molecule has 1 aromatic carbocycles. The van der Waals surface area contributed by atoms with E-state index in [0.717, 1.165) is 0 Å². The van der Waals surface area contributed by atoms with Gasteiger partial charge in [-0.05, 0) is 24.5 Å². The number of carboxylic acid groups (broad SMARTS) is 1. The van der Waals surface area contributed by atoms with Gasteiger partial charge in [-0.25, -0.2) is 0 Å². The Hall–Kier alpha value is -2.04. The number of nitrogens with zero attached hydrogens (tertiary/aromatic N) is 1. The molecular weight excluding hydrogens is 258 g/mol. The summed E-state index contributed by atoms with van der Waals surface area (Å²) in [6.45, 7) is 4.31. The highest BCUT2D eigenvalue weighted by atomic mass is 16.4. The number of carbonyl (C=O) groups excluding carboxylic acids is 1. The lowest BCUT2D eigenvalue weighted by molar-refractivity contribution is -0.150. The van der Waals surface area contributed by atoms with E-state index in [4.69, 9.17) is 0 Å². The van der Waals surface area contributed by atoms with Crippen LogP contribution in [0.1, 0.15) is 30.6 Å². The fourth-order valence-electron chi connectivity index (χ4n) is 2.72. The molecule has 5 heteroatoms. The average molecular weight is 277 g/mol. The van der Waals surface area contributed by atoms with Crippen LogP contribution in [0.15, 0.2) is 24.3 Å². The molecule has 0 bridgehead atoms. The molecule has 1 fully saturated rings. The van der Waals surface area contributed by atoms with E-state index in [0.29, 0.717) is 13.0 Å². The molecule has 1 saturated heterocycles. The van der Waals surface area contributed by atoms with Crippen LogP contribution in [-0.2, 0) is 4.79 Å². The summed E-state index contributed by atoms with van der Waals surface area (Å²) < 4.78 is 0. The third-order valence-corrected chi connectivity index (χ3v) is 4.25. The Labute approximate surface area is 117 Å². The van der Waals surface area contributed by atoms with Crippen LogP contribution in [0.3, 0.4) is 0 Å². The van der Waals surface area contributed by atoms with Gasteiger partial charge in [-0.3, -0.25) is 9.59 Å². The summed E-state index contributed by atoms with van der Waals surface area (Å²) in [6.07, 6.45) is 0.444. The van der Waals surface area contributed by atoms with Crippen molar-refractivity contribution in [2.75, 3.05) is 13.1 Å². The van der Waals surface area contributed by atoms with Crippen LogP contribution in [-0.4, -0.2) is 40.1 Å². The van der Waals surface area contributed by atoms with E-state index in [-0.39, 0.29) is 29.7 Å². The summed E-state index contributed by atoms with van der Waals surface area (Å²) in [5.41, 5.74) is -0.669. The molecule has 1 heterocycles.